The van der Waals surface area contributed by atoms with Crippen LogP contribution in [0.4, 0.5) is 4.79 Å². The number of fused-ring (bicyclic) bond motifs is 1. The molecule has 1 N–H and O–H groups in total. The second-order valence-corrected chi connectivity index (χ2v) is 7.76. The molecular weight excluding hydrogens is 288 g/mol. The Hall–Kier alpha value is -1.84. The van der Waals surface area contributed by atoms with E-state index in [0.29, 0.717) is 5.92 Å². The molecule has 1 atom stereocenters. The molecule has 1 aliphatic heterocycles. The molecule has 0 spiro atoms. The second kappa shape index (κ2) is 5.99. The lowest BCUT2D eigenvalue weighted by Crippen LogP contribution is -2.35. The molecule has 3 rings (SSSR count). The summed E-state index contributed by atoms with van der Waals surface area (Å²) < 4.78 is 5.46. The van der Waals surface area contributed by atoms with Gasteiger partial charge in [-0.25, -0.2) is 4.79 Å². The first-order valence-corrected chi connectivity index (χ1v) is 8.49. The van der Waals surface area contributed by atoms with E-state index in [2.05, 4.69) is 18.2 Å². The molecule has 0 radical (unpaired) electrons. The predicted octanol–water partition coefficient (Wildman–Crippen LogP) is 3.80. The number of aryl methyl sites for hydroxylation is 1. The highest BCUT2D eigenvalue weighted by Gasteiger charge is 2.30. The number of hydrogen-bond donors (Lipinski definition) is 1. The van der Waals surface area contributed by atoms with Gasteiger partial charge in [-0.15, -0.1) is 0 Å². The maximum atomic E-state index is 12.1. The highest BCUT2D eigenvalue weighted by atomic mass is 16.6. The number of rotatable bonds is 2. The van der Waals surface area contributed by atoms with E-state index in [1.165, 1.54) is 11.1 Å². The van der Waals surface area contributed by atoms with E-state index in [1.54, 1.807) is 0 Å². The van der Waals surface area contributed by atoms with Gasteiger partial charge in [0, 0.05) is 18.8 Å². The first-order valence-electron chi connectivity index (χ1n) is 8.49. The number of ether oxygens (including phenoxy) is 1. The molecule has 1 heterocycles. The molecule has 0 aromatic heterocycles. The summed E-state index contributed by atoms with van der Waals surface area (Å²) >= 11 is 0. The quantitative estimate of drug-likeness (QED) is 0.902. The van der Waals surface area contributed by atoms with Crippen molar-refractivity contribution in [3.05, 3.63) is 34.9 Å². The summed E-state index contributed by atoms with van der Waals surface area (Å²) in [6, 6.07) is 6.50. The first kappa shape index (κ1) is 16.0. The van der Waals surface area contributed by atoms with Crippen molar-refractivity contribution in [2.24, 2.45) is 5.92 Å². The predicted molar refractivity (Wildman–Crippen MR) is 91.2 cm³/mol. The van der Waals surface area contributed by atoms with Crippen LogP contribution in [-0.4, -0.2) is 35.4 Å². The molecule has 124 valence electrons. The van der Waals surface area contributed by atoms with Crippen molar-refractivity contribution in [1.29, 1.82) is 5.41 Å². The fraction of sp³-hybridized carbons (Fsp3) is 0.579. The molecule has 1 fully saturated rings. The Morgan fingerprint density at radius 1 is 1.35 bits per heavy atom. The fourth-order valence-electron chi connectivity index (χ4n) is 3.49. The fourth-order valence-corrected chi connectivity index (χ4v) is 3.49. The van der Waals surface area contributed by atoms with Crippen LogP contribution in [0.5, 0.6) is 0 Å². The number of likely N-dealkylation sites (tertiary alicyclic amines) is 1. The van der Waals surface area contributed by atoms with Crippen molar-refractivity contribution in [2.45, 2.75) is 52.1 Å². The standard InChI is InChI=1S/C19H26N2O2/c1-19(2,3)23-18(22)21-9-8-14(12-21)10-13-4-6-16-15(11-13)5-7-17(16)20/h4,6,11,14,20H,5,7-10,12H2,1-3H3. The maximum absolute atomic E-state index is 12.1. The number of carbonyl (C=O) groups is 1. The number of hydrogen-bond acceptors (Lipinski definition) is 3. The molecule has 0 saturated carbocycles. The van der Waals surface area contributed by atoms with Gasteiger partial charge in [0.25, 0.3) is 0 Å². The smallest absolute Gasteiger partial charge is 0.410 e. The molecule has 1 aromatic carbocycles. The molecule has 1 unspecified atom stereocenters. The van der Waals surface area contributed by atoms with Gasteiger partial charge in [-0.3, -0.25) is 0 Å². The third kappa shape index (κ3) is 3.74. The van der Waals surface area contributed by atoms with Crippen LogP contribution in [0.2, 0.25) is 0 Å². The van der Waals surface area contributed by atoms with E-state index in [0.717, 1.165) is 50.0 Å². The van der Waals surface area contributed by atoms with Gasteiger partial charge >= 0.3 is 6.09 Å². The molecule has 1 aromatic rings. The van der Waals surface area contributed by atoms with Crippen LogP contribution >= 0.6 is 0 Å². The zero-order chi connectivity index (χ0) is 16.6. The summed E-state index contributed by atoms with van der Waals surface area (Å²) in [5.74, 6) is 0.501. The second-order valence-electron chi connectivity index (χ2n) is 7.76. The molecule has 1 saturated heterocycles. The molecular formula is C19H26N2O2. The Morgan fingerprint density at radius 2 is 2.13 bits per heavy atom. The highest BCUT2D eigenvalue weighted by molar-refractivity contribution is 6.02. The van der Waals surface area contributed by atoms with E-state index < -0.39 is 5.60 Å². The summed E-state index contributed by atoms with van der Waals surface area (Å²) in [5, 5.41) is 7.91. The number of amides is 1. The lowest BCUT2D eigenvalue weighted by atomic mass is 9.96. The lowest BCUT2D eigenvalue weighted by molar-refractivity contribution is 0.0288. The minimum absolute atomic E-state index is 0.192. The lowest BCUT2D eigenvalue weighted by Gasteiger charge is -2.24. The van der Waals surface area contributed by atoms with Crippen LogP contribution in [0.25, 0.3) is 0 Å². The summed E-state index contributed by atoms with van der Waals surface area (Å²) in [5.41, 5.74) is 4.10. The van der Waals surface area contributed by atoms with Crippen LogP contribution in [-0.2, 0) is 17.6 Å². The number of carbonyl (C=O) groups excluding carboxylic acids is 1. The van der Waals surface area contributed by atoms with Gasteiger partial charge in [-0.1, -0.05) is 18.2 Å². The monoisotopic (exact) mass is 314 g/mol. The maximum Gasteiger partial charge on any atom is 0.410 e. The van der Waals surface area contributed by atoms with Gasteiger partial charge in [0.15, 0.2) is 0 Å². The van der Waals surface area contributed by atoms with Crippen LogP contribution in [0.3, 0.4) is 0 Å². The number of benzene rings is 1. The molecule has 2 aliphatic rings. The molecule has 23 heavy (non-hydrogen) atoms. The molecule has 1 aliphatic carbocycles. The number of nitrogens with zero attached hydrogens (tertiary/aromatic N) is 1. The van der Waals surface area contributed by atoms with Crippen LogP contribution in [0.1, 0.15) is 50.3 Å². The normalized spacial score (nSPS) is 20.7. The third-order valence-corrected chi connectivity index (χ3v) is 4.60. The third-order valence-electron chi connectivity index (χ3n) is 4.60. The topological polar surface area (TPSA) is 53.4 Å². The highest BCUT2D eigenvalue weighted by Crippen LogP contribution is 2.27. The molecule has 0 bridgehead atoms. The zero-order valence-electron chi connectivity index (χ0n) is 14.3. The summed E-state index contributed by atoms with van der Waals surface area (Å²) in [4.78, 5) is 14.0. The summed E-state index contributed by atoms with van der Waals surface area (Å²) in [6.45, 7) is 7.28. The minimum atomic E-state index is -0.431. The van der Waals surface area contributed by atoms with E-state index >= 15 is 0 Å². The first-order chi connectivity index (χ1) is 10.8. The van der Waals surface area contributed by atoms with Crippen molar-refractivity contribution >= 4 is 11.8 Å². The molecule has 1 amide bonds. The van der Waals surface area contributed by atoms with Crippen LogP contribution in [0, 0.1) is 11.3 Å². The van der Waals surface area contributed by atoms with Gasteiger partial charge in [-0.05, 0) is 69.1 Å². The van der Waals surface area contributed by atoms with E-state index in [1.807, 2.05) is 25.7 Å². The zero-order valence-corrected chi connectivity index (χ0v) is 14.3. The Bertz CT molecular complexity index is 631. The Kier molecular flexibility index (Phi) is 4.17. The van der Waals surface area contributed by atoms with Gasteiger partial charge in [0.05, 0.1) is 0 Å². The SMILES string of the molecule is CC(C)(C)OC(=O)N1CCC(Cc2ccc3c(c2)CCC3=N)C1. The van der Waals surface area contributed by atoms with Crippen molar-refractivity contribution in [3.8, 4) is 0 Å². The van der Waals surface area contributed by atoms with Crippen molar-refractivity contribution in [2.75, 3.05) is 13.1 Å². The summed E-state index contributed by atoms with van der Waals surface area (Å²) in [7, 11) is 0. The number of nitrogens with one attached hydrogen (secondary N) is 1. The van der Waals surface area contributed by atoms with E-state index in [9.17, 15) is 4.79 Å². The van der Waals surface area contributed by atoms with Gasteiger partial charge in [0.2, 0.25) is 0 Å². The van der Waals surface area contributed by atoms with Crippen LogP contribution < -0.4 is 0 Å². The minimum Gasteiger partial charge on any atom is -0.444 e. The van der Waals surface area contributed by atoms with Crippen molar-refractivity contribution in [1.82, 2.24) is 4.90 Å². The van der Waals surface area contributed by atoms with Gasteiger partial charge in [0.1, 0.15) is 5.60 Å². The Balaban J connectivity index is 1.58. The van der Waals surface area contributed by atoms with Crippen molar-refractivity contribution < 1.29 is 9.53 Å². The average molecular weight is 314 g/mol. The summed E-state index contributed by atoms with van der Waals surface area (Å²) in [6.07, 6.45) is 3.71. The Labute approximate surface area is 138 Å². The largest absolute Gasteiger partial charge is 0.444 e. The van der Waals surface area contributed by atoms with Crippen molar-refractivity contribution in [3.63, 3.8) is 0 Å². The molecule has 4 heteroatoms. The Morgan fingerprint density at radius 3 is 2.87 bits per heavy atom. The molecule has 4 nitrogen and oxygen atoms in total. The van der Waals surface area contributed by atoms with Gasteiger partial charge in [-0.2, -0.15) is 0 Å². The average Bonchev–Trinajstić information content (AvgIpc) is 3.05. The van der Waals surface area contributed by atoms with Gasteiger partial charge < -0.3 is 15.0 Å². The van der Waals surface area contributed by atoms with E-state index in [-0.39, 0.29) is 6.09 Å². The van der Waals surface area contributed by atoms with Crippen LogP contribution in [0.15, 0.2) is 18.2 Å². The van der Waals surface area contributed by atoms with E-state index in [4.69, 9.17) is 10.1 Å².